The molecule has 2 unspecified atom stereocenters. The third kappa shape index (κ3) is 3.98. The molecule has 0 aliphatic heterocycles. The highest BCUT2D eigenvalue weighted by Crippen LogP contribution is 2.26. The molecule has 0 radical (unpaired) electrons. The largest absolute Gasteiger partial charge is 0.377 e. The first-order chi connectivity index (χ1) is 8.43. The predicted molar refractivity (Wildman–Crippen MR) is 70.2 cm³/mol. The molecule has 4 nitrogen and oxygen atoms in total. The third-order valence-corrected chi connectivity index (χ3v) is 3.01. The van der Waals surface area contributed by atoms with Crippen molar-refractivity contribution in [3.05, 3.63) is 34.1 Å². The lowest BCUT2D eigenvalue weighted by Gasteiger charge is -2.18. The van der Waals surface area contributed by atoms with E-state index in [1.165, 1.54) is 12.1 Å². The van der Waals surface area contributed by atoms with Crippen LogP contribution in [0.3, 0.4) is 0 Å². The van der Waals surface area contributed by atoms with Crippen LogP contribution in [0.15, 0.2) is 18.2 Å². The molecular formula is C13H19FN2O2. The molecule has 1 aromatic carbocycles. The van der Waals surface area contributed by atoms with E-state index in [9.17, 15) is 14.5 Å². The molecule has 0 saturated heterocycles. The minimum absolute atomic E-state index is 0.0699. The van der Waals surface area contributed by atoms with Crippen LogP contribution in [-0.4, -0.2) is 11.0 Å². The van der Waals surface area contributed by atoms with Crippen LogP contribution in [0.5, 0.6) is 0 Å². The van der Waals surface area contributed by atoms with Crippen molar-refractivity contribution in [1.82, 2.24) is 0 Å². The van der Waals surface area contributed by atoms with E-state index in [-0.39, 0.29) is 17.4 Å². The number of nitro groups is 1. The first kappa shape index (κ1) is 14.4. The lowest BCUT2D eigenvalue weighted by molar-refractivity contribution is -0.384. The summed E-state index contributed by atoms with van der Waals surface area (Å²) in [5, 5.41) is 13.9. The Kier molecular flexibility index (Phi) is 5.07. The maximum Gasteiger partial charge on any atom is 0.292 e. The Morgan fingerprint density at radius 1 is 1.44 bits per heavy atom. The van der Waals surface area contributed by atoms with Crippen LogP contribution in [-0.2, 0) is 0 Å². The number of hydrogen-bond acceptors (Lipinski definition) is 3. The standard InChI is InChI=1S/C13H19FN2O2/c1-4-9(2)7-10(3)15-12-8-11(14)5-6-13(12)16(17)18/h5-6,8-10,15H,4,7H2,1-3H3. The van der Waals surface area contributed by atoms with Crippen LogP contribution in [0.2, 0.25) is 0 Å². The highest BCUT2D eigenvalue weighted by Gasteiger charge is 2.16. The second-order valence-electron chi connectivity index (χ2n) is 4.71. The number of anilines is 1. The average Bonchev–Trinajstić information content (AvgIpc) is 2.28. The number of halogens is 1. The maximum absolute atomic E-state index is 13.1. The van der Waals surface area contributed by atoms with Gasteiger partial charge in [-0.25, -0.2) is 4.39 Å². The number of nitro benzene ring substituents is 1. The molecule has 5 heteroatoms. The fourth-order valence-electron chi connectivity index (χ4n) is 1.88. The van der Waals surface area contributed by atoms with Crippen molar-refractivity contribution in [2.24, 2.45) is 5.92 Å². The van der Waals surface area contributed by atoms with Crippen molar-refractivity contribution >= 4 is 11.4 Å². The van der Waals surface area contributed by atoms with Crippen molar-refractivity contribution in [3.8, 4) is 0 Å². The maximum atomic E-state index is 13.1. The van der Waals surface area contributed by atoms with Gasteiger partial charge in [0.25, 0.3) is 5.69 Å². The van der Waals surface area contributed by atoms with Crippen LogP contribution in [0, 0.1) is 21.8 Å². The van der Waals surface area contributed by atoms with Crippen LogP contribution >= 0.6 is 0 Å². The molecular weight excluding hydrogens is 235 g/mol. The molecule has 0 heterocycles. The summed E-state index contributed by atoms with van der Waals surface area (Å²) in [6.07, 6.45) is 1.95. The molecule has 0 amide bonds. The summed E-state index contributed by atoms with van der Waals surface area (Å²) < 4.78 is 13.1. The van der Waals surface area contributed by atoms with Crippen molar-refractivity contribution < 1.29 is 9.31 Å². The number of nitrogens with zero attached hydrogens (tertiary/aromatic N) is 1. The van der Waals surface area contributed by atoms with Gasteiger partial charge >= 0.3 is 0 Å². The number of hydrogen-bond donors (Lipinski definition) is 1. The van der Waals surface area contributed by atoms with Gasteiger partial charge in [0.15, 0.2) is 0 Å². The zero-order chi connectivity index (χ0) is 13.7. The second kappa shape index (κ2) is 6.33. The van der Waals surface area contributed by atoms with E-state index >= 15 is 0 Å². The summed E-state index contributed by atoms with van der Waals surface area (Å²) in [5.41, 5.74) is 0.156. The van der Waals surface area contributed by atoms with Crippen molar-refractivity contribution in [3.63, 3.8) is 0 Å². The van der Waals surface area contributed by atoms with Gasteiger partial charge < -0.3 is 5.32 Å². The van der Waals surface area contributed by atoms with Crippen LogP contribution in [0.1, 0.15) is 33.6 Å². The van der Waals surface area contributed by atoms with Crippen molar-refractivity contribution in [2.45, 2.75) is 39.7 Å². The zero-order valence-corrected chi connectivity index (χ0v) is 10.9. The van der Waals surface area contributed by atoms with Gasteiger partial charge in [-0.1, -0.05) is 20.3 Å². The first-order valence-corrected chi connectivity index (χ1v) is 6.14. The van der Waals surface area contributed by atoms with Gasteiger partial charge in [0.1, 0.15) is 11.5 Å². The molecule has 0 bridgehead atoms. The fourth-order valence-corrected chi connectivity index (χ4v) is 1.88. The summed E-state index contributed by atoms with van der Waals surface area (Å²) in [7, 11) is 0. The summed E-state index contributed by atoms with van der Waals surface area (Å²) in [5.74, 6) is 0.0546. The van der Waals surface area contributed by atoms with Gasteiger partial charge in [-0.15, -0.1) is 0 Å². The number of rotatable bonds is 6. The van der Waals surface area contributed by atoms with Crippen LogP contribution in [0.4, 0.5) is 15.8 Å². The molecule has 1 N–H and O–H groups in total. The van der Waals surface area contributed by atoms with Gasteiger partial charge in [0, 0.05) is 18.2 Å². The molecule has 0 saturated carbocycles. The van der Waals surface area contributed by atoms with Gasteiger partial charge in [0.05, 0.1) is 4.92 Å². The third-order valence-electron chi connectivity index (χ3n) is 3.01. The Morgan fingerprint density at radius 3 is 2.67 bits per heavy atom. The highest BCUT2D eigenvalue weighted by molar-refractivity contribution is 5.61. The van der Waals surface area contributed by atoms with E-state index in [1.807, 2.05) is 6.92 Å². The summed E-state index contributed by atoms with van der Waals surface area (Å²) in [6, 6.07) is 3.53. The van der Waals surface area contributed by atoms with Gasteiger partial charge in [-0.05, 0) is 25.3 Å². The van der Waals surface area contributed by atoms with E-state index in [0.717, 1.165) is 18.9 Å². The van der Waals surface area contributed by atoms with E-state index in [2.05, 4.69) is 19.2 Å². The van der Waals surface area contributed by atoms with Crippen molar-refractivity contribution in [2.75, 3.05) is 5.32 Å². The zero-order valence-electron chi connectivity index (χ0n) is 10.9. The van der Waals surface area contributed by atoms with Crippen molar-refractivity contribution in [1.29, 1.82) is 0 Å². The molecule has 0 aliphatic rings. The number of nitrogens with one attached hydrogen (secondary N) is 1. The molecule has 2 atom stereocenters. The Morgan fingerprint density at radius 2 is 2.11 bits per heavy atom. The van der Waals surface area contributed by atoms with Gasteiger partial charge in [-0.3, -0.25) is 10.1 Å². The lowest BCUT2D eigenvalue weighted by atomic mass is 10.00. The van der Waals surface area contributed by atoms with Gasteiger partial charge in [0.2, 0.25) is 0 Å². The van der Waals surface area contributed by atoms with E-state index < -0.39 is 10.7 Å². The molecule has 0 spiro atoms. The minimum atomic E-state index is -0.502. The topological polar surface area (TPSA) is 55.2 Å². The first-order valence-electron chi connectivity index (χ1n) is 6.14. The van der Waals surface area contributed by atoms with Crippen LogP contribution < -0.4 is 5.32 Å². The Bertz CT molecular complexity index is 423. The molecule has 1 aromatic rings. The Balaban J connectivity index is 2.82. The van der Waals surface area contributed by atoms with Gasteiger partial charge in [-0.2, -0.15) is 0 Å². The number of benzene rings is 1. The monoisotopic (exact) mass is 254 g/mol. The molecule has 1 rings (SSSR count). The molecule has 0 aliphatic carbocycles. The second-order valence-corrected chi connectivity index (χ2v) is 4.71. The summed E-state index contributed by atoms with van der Waals surface area (Å²) in [4.78, 5) is 10.3. The van der Waals surface area contributed by atoms with E-state index in [4.69, 9.17) is 0 Å². The lowest BCUT2D eigenvalue weighted by Crippen LogP contribution is -2.19. The quantitative estimate of drug-likeness (QED) is 0.617. The SMILES string of the molecule is CCC(C)CC(C)Nc1cc(F)ccc1[N+](=O)[O-]. The molecule has 18 heavy (non-hydrogen) atoms. The highest BCUT2D eigenvalue weighted by atomic mass is 19.1. The van der Waals surface area contributed by atoms with Crippen LogP contribution in [0.25, 0.3) is 0 Å². The smallest absolute Gasteiger partial charge is 0.292 e. The normalized spacial score (nSPS) is 14.0. The Labute approximate surface area is 106 Å². The van der Waals surface area contributed by atoms with E-state index in [0.29, 0.717) is 5.92 Å². The van der Waals surface area contributed by atoms with E-state index in [1.54, 1.807) is 0 Å². The molecule has 0 fully saturated rings. The summed E-state index contributed by atoms with van der Waals surface area (Å²) in [6.45, 7) is 6.17. The average molecular weight is 254 g/mol. The molecule has 100 valence electrons. The predicted octanol–water partition coefficient (Wildman–Crippen LogP) is 3.97. The summed E-state index contributed by atoms with van der Waals surface area (Å²) >= 11 is 0. The fraction of sp³-hybridized carbons (Fsp3) is 0.538. The molecule has 0 aromatic heterocycles. The Hall–Kier alpha value is -1.65. The minimum Gasteiger partial charge on any atom is -0.377 e.